The minimum atomic E-state index is -4.95. The van der Waals surface area contributed by atoms with Crippen LogP contribution in [0.25, 0.3) is 16.4 Å². The van der Waals surface area contributed by atoms with Gasteiger partial charge < -0.3 is 9.90 Å². The maximum Gasteiger partial charge on any atom is 0.434 e. The number of halogens is 4. The Morgan fingerprint density at radius 3 is 2.46 bits per heavy atom. The van der Waals surface area contributed by atoms with E-state index in [2.05, 4.69) is 10.1 Å². The van der Waals surface area contributed by atoms with Crippen molar-refractivity contribution in [3.63, 3.8) is 0 Å². The van der Waals surface area contributed by atoms with Gasteiger partial charge in [-0.1, -0.05) is 0 Å². The highest BCUT2D eigenvalue weighted by atomic mass is 32.1. The zero-order valence-electron chi connectivity index (χ0n) is 11.5. The average Bonchev–Trinajstić information content (AvgIpc) is 3.14. The number of aromatic carboxylic acids is 1. The molecule has 10 heteroatoms. The Balaban J connectivity index is 2.08. The molecule has 124 valence electrons. The van der Waals surface area contributed by atoms with E-state index in [1.807, 2.05) is 0 Å². The van der Waals surface area contributed by atoms with Crippen LogP contribution in [0.15, 0.2) is 35.8 Å². The summed E-state index contributed by atoms with van der Waals surface area (Å²) in [5, 5.41) is 15.6. The molecule has 0 aliphatic carbocycles. The third kappa shape index (κ3) is 2.87. The molecule has 0 radical (unpaired) electrons. The standard InChI is InChI=1S/C14H7F4N3O2S/c15-8-3-1-7(2-4-8)10-6-24-13(20-10)21-11(14(16,17)18)9(5-19-21)12(22)23/h1-6H,(H,22,23)/p-1. The first-order valence-corrected chi connectivity index (χ1v) is 7.24. The molecular formula is C14H6F4N3O2S-. The number of aromatic nitrogens is 3. The second-order valence-corrected chi connectivity index (χ2v) is 5.46. The van der Waals surface area contributed by atoms with Gasteiger partial charge in [-0.2, -0.15) is 18.3 Å². The summed E-state index contributed by atoms with van der Waals surface area (Å²) in [4.78, 5) is 14.9. The van der Waals surface area contributed by atoms with Crippen LogP contribution < -0.4 is 5.11 Å². The maximum absolute atomic E-state index is 13.1. The first-order valence-electron chi connectivity index (χ1n) is 6.36. The lowest BCUT2D eigenvalue weighted by atomic mass is 10.2. The van der Waals surface area contributed by atoms with Gasteiger partial charge in [0.25, 0.3) is 0 Å². The third-order valence-corrected chi connectivity index (χ3v) is 3.89. The normalized spacial score (nSPS) is 11.7. The van der Waals surface area contributed by atoms with Crippen molar-refractivity contribution in [2.24, 2.45) is 0 Å². The molecule has 0 aliphatic rings. The van der Waals surface area contributed by atoms with E-state index in [1.54, 1.807) is 0 Å². The quantitative estimate of drug-likeness (QED) is 0.676. The van der Waals surface area contributed by atoms with Crippen LogP contribution in [0.3, 0.4) is 0 Å². The maximum atomic E-state index is 13.1. The Labute approximate surface area is 135 Å². The fourth-order valence-electron chi connectivity index (χ4n) is 2.03. The van der Waals surface area contributed by atoms with E-state index in [1.165, 1.54) is 29.6 Å². The third-order valence-electron chi connectivity index (χ3n) is 3.07. The van der Waals surface area contributed by atoms with Crippen LogP contribution in [0.5, 0.6) is 0 Å². The van der Waals surface area contributed by atoms with Gasteiger partial charge in [-0.05, 0) is 24.3 Å². The molecule has 0 bridgehead atoms. The number of alkyl halides is 3. The van der Waals surface area contributed by atoms with Crippen molar-refractivity contribution in [1.29, 1.82) is 0 Å². The Bertz CT molecular complexity index is 900. The van der Waals surface area contributed by atoms with E-state index in [0.717, 1.165) is 11.3 Å². The highest BCUT2D eigenvalue weighted by Crippen LogP contribution is 2.34. The lowest BCUT2D eigenvalue weighted by Crippen LogP contribution is -2.26. The number of carboxylic acids is 1. The summed E-state index contributed by atoms with van der Waals surface area (Å²) in [6.45, 7) is 0. The van der Waals surface area contributed by atoms with Gasteiger partial charge in [0.05, 0.1) is 17.9 Å². The second-order valence-electron chi connectivity index (χ2n) is 4.63. The molecule has 0 amide bonds. The predicted molar refractivity (Wildman–Crippen MR) is 74.0 cm³/mol. The van der Waals surface area contributed by atoms with Crippen molar-refractivity contribution in [3.05, 3.63) is 52.9 Å². The number of carbonyl (C=O) groups is 1. The molecule has 0 N–H and O–H groups in total. The minimum Gasteiger partial charge on any atom is -0.545 e. The average molecular weight is 356 g/mol. The molecule has 1 aromatic carbocycles. The minimum absolute atomic E-state index is 0.172. The SMILES string of the molecule is O=C([O-])c1cnn(-c2nc(-c3ccc(F)cc3)cs2)c1C(F)(F)F. The lowest BCUT2D eigenvalue weighted by molar-refractivity contribution is -0.255. The zero-order chi connectivity index (χ0) is 17.5. The lowest BCUT2D eigenvalue weighted by Gasteiger charge is -2.11. The van der Waals surface area contributed by atoms with E-state index >= 15 is 0 Å². The Morgan fingerprint density at radius 1 is 1.21 bits per heavy atom. The molecule has 0 atom stereocenters. The monoisotopic (exact) mass is 356 g/mol. The molecule has 3 rings (SSSR count). The van der Waals surface area contributed by atoms with E-state index in [9.17, 15) is 27.5 Å². The molecule has 0 unspecified atom stereocenters. The van der Waals surface area contributed by atoms with Crippen LogP contribution in [0.4, 0.5) is 17.6 Å². The van der Waals surface area contributed by atoms with Crippen molar-refractivity contribution in [1.82, 2.24) is 14.8 Å². The van der Waals surface area contributed by atoms with Crippen LogP contribution in [0.1, 0.15) is 16.1 Å². The van der Waals surface area contributed by atoms with Gasteiger partial charge in [0.15, 0.2) is 5.69 Å². The zero-order valence-corrected chi connectivity index (χ0v) is 12.4. The van der Waals surface area contributed by atoms with Crippen molar-refractivity contribution in [2.75, 3.05) is 0 Å². The van der Waals surface area contributed by atoms with Crippen LogP contribution in [-0.4, -0.2) is 20.7 Å². The summed E-state index contributed by atoms with van der Waals surface area (Å²) in [7, 11) is 0. The molecule has 0 aliphatic heterocycles. The number of rotatable bonds is 3. The molecule has 2 heterocycles. The van der Waals surface area contributed by atoms with Crippen LogP contribution in [0.2, 0.25) is 0 Å². The highest BCUT2D eigenvalue weighted by molar-refractivity contribution is 7.12. The summed E-state index contributed by atoms with van der Waals surface area (Å²) < 4.78 is 52.8. The Morgan fingerprint density at radius 2 is 1.88 bits per heavy atom. The predicted octanol–water partition coefficient (Wildman–Crippen LogP) is 2.52. The first kappa shape index (κ1) is 16.1. The van der Waals surface area contributed by atoms with Crippen LogP contribution >= 0.6 is 11.3 Å². The van der Waals surface area contributed by atoms with E-state index in [-0.39, 0.29) is 5.13 Å². The summed E-state index contributed by atoms with van der Waals surface area (Å²) in [5.41, 5.74) is -1.73. The van der Waals surface area contributed by atoms with E-state index in [0.29, 0.717) is 22.1 Å². The number of benzene rings is 1. The van der Waals surface area contributed by atoms with Crippen molar-refractivity contribution in [2.45, 2.75) is 6.18 Å². The molecule has 0 saturated carbocycles. The van der Waals surface area contributed by atoms with Crippen molar-refractivity contribution < 1.29 is 27.5 Å². The van der Waals surface area contributed by atoms with Crippen molar-refractivity contribution in [3.8, 4) is 16.4 Å². The van der Waals surface area contributed by atoms with Gasteiger partial charge in [-0.15, -0.1) is 11.3 Å². The summed E-state index contributed by atoms with van der Waals surface area (Å²) in [5.74, 6) is -2.44. The van der Waals surface area contributed by atoms with Gasteiger partial charge in [-0.3, -0.25) is 0 Å². The largest absolute Gasteiger partial charge is 0.545 e. The summed E-state index contributed by atoms with van der Waals surface area (Å²) in [6.07, 6.45) is -4.38. The van der Waals surface area contributed by atoms with E-state index < -0.39 is 29.2 Å². The molecule has 0 fully saturated rings. The molecule has 3 aromatic rings. The molecule has 0 spiro atoms. The number of carbonyl (C=O) groups excluding carboxylic acids is 1. The topological polar surface area (TPSA) is 70.8 Å². The number of hydrogen-bond acceptors (Lipinski definition) is 5. The second kappa shape index (κ2) is 5.71. The summed E-state index contributed by atoms with van der Waals surface area (Å²) >= 11 is 0.839. The molecular weight excluding hydrogens is 350 g/mol. The molecule has 2 aromatic heterocycles. The number of thiazole rings is 1. The van der Waals surface area contributed by atoms with Gasteiger partial charge in [0, 0.05) is 16.5 Å². The number of nitrogens with zero attached hydrogens (tertiary/aromatic N) is 3. The molecule has 5 nitrogen and oxygen atoms in total. The number of carboxylic acid groups (broad SMARTS) is 1. The fraction of sp³-hybridized carbons (Fsp3) is 0.0714. The van der Waals surface area contributed by atoms with Gasteiger partial charge in [-0.25, -0.2) is 14.1 Å². The van der Waals surface area contributed by atoms with E-state index in [4.69, 9.17) is 0 Å². The van der Waals surface area contributed by atoms with Crippen molar-refractivity contribution >= 4 is 17.3 Å². The molecule has 24 heavy (non-hydrogen) atoms. The Kier molecular flexibility index (Phi) is 3.84. The van der Waals surface area contributed by atoms with Gasteiger partial charge in [0.2, 0.25) is 5.13 Å². The summed E-state index contributed by atoms with van der Waals surface area (Å²) in [6, 6.07) is 5.23. The van der Waals surface area contributed by atoms with Crippen LogP contribution in [0, 0.1) is 5.82 Å². The van der Waals surface area contributed by atoms with Crippen LogP contribution in [-0.2, 0) is 6.18 Å². The Hall–Kier alpha value is -2.75. The smallest absolute Gasteiger partial charge is 0.434 e. The molecule has 0 saturated heterocycles. The fourth-order valence-corrected chi connectivity index (χ4v) is 2.83. The van der Waals surface area contributed by atoms with Gasteiger partial charge >= 0.3 is 6.18 Å². The highest BCUT2D eigenvalue weighted by Gasteiger charge is 2.39. The van der Waals surface area contributed by atoms with Gasteiger partial charge in [0.1, 0.15) is 5.82 Å². The number of hydrogen-bond donors (Lipinski definition) is 0. The first-order chi connectivity index (χ1) is 11.3.